The van der Waals surface area contributed by atoms with Crippen LogP contribution in [-0.2, 0) is 0 Å². The molecule has 0 aromatic heterocycles. The van der Waals surface area contributed by atoms with Crippen molar-refractivity contribution in [1.82, 2.24) is 4.90 Å². The molecule has 110 valence electrons. The average molecular weight is 274 g/mol. The standard InChI is InChI=1S/C17H26N2O/c1-2-17(20)15-5-7-16(8-6-15)19-11-9-18(10-12-19)13-14-3-4-14/h5-8,14,17,20H,2-4,9-13H2,1H3/t17-/m1/s1. The highest BCUT2D eigenvalue weighted by Crippen LogP contribution is 2.30. The van der Waals surface area contributed by atoms with Gasteiger partial charge in [-0.25, -0.2) is 0 Å². The SMILES string of the molecule is CC[C@@H](O)c1ccc(N2CCN(CC3CC3)CC2)cc1. The van der Waals surface area contributed by atoms with Gasteiger partial charge in [0.2, 0.25) is 0 Å². The van der Waals surface area contributed by atoms with Gasteiger partial charge in [-0.3, -0.25) is 4.90 Å². The molecule has 0 unspecified atom stereocenters. The number of benzene rings is 1. The van der Waals surface area contributed by atoms with Gasteiger partial charge in [0.1, 0.15) is 0 Å². The van der Waals surface area contributed by atoms with Crippen molar-refractivity contribution >= 4 is 5.69 Å². The fourth-order valence-corrected chi connectivity index (χ4v) is 3.00. The number of aliphatic hydroxyl groups excluding tert-OH is 1. The van der Waals surface area contributed by atoms with Gasteiger partial charge in [-0.2, -0.15) is 0 Å². The van der Waals surface area contributed by atoms with Crippen LogP contribution in [0.1, 0.15) is 37.9 Å². The van der Waals surface area contributed by atoms with E-state index in [0.717, 1.165) is 31.0 Å². The zero-order valence-electron chi connectivity index (χ0n) is 12.5. The second-order valence-corrected chi connectivity index (χ2v) is 6.25. The summed E-state index contributed by atoms with van der Waals surface area (Å²) in [6, 6.07) is 8.45. The normalized spacial score (nSPS) is 22.0. The quantitative estimate of drug-likeness (QED) is 0.894. The van der Waals surface area contributed by atoms with Gasteiger partial charge in [0, 0.05) is 38.4 Å². The molecule has 3 rings (SSSR count). The monoisotopic (exact) mass is 274 g/mol. The van der Waals surface area contributed by atoms with Crippen LogP contribution in [0.5, 0.6) is 0 Å². The number of hydrogen-bond acceptors (Lipinski definition) is 3. The van der Waals surface area contributed by atoms with Crippen LogP contribution in [0.15, 0.2) is 24.3 Å². The summed E-state index contributed by atoms with van der Waals surface area (Å²) >= 11 is 0. The molecule has 1 N–H and O–H groups in total. The molecule has 1 saturated heterocycles. The number of anilines is 1. The third kappa shape index (κ3) is 3.33. The van der Waals surface area contributed by atoms with Gasteiger partial charge in [-0.1, -0.05) is 19.1 Å². The fourth-order valence-electron chi connectivity index (χ4n) is 3.00. The zero-order valence-corrected chi connectivity index (χ0v) is 12.5. The molecule has 0 bridgehead atoms. The second kappa shape index (κ2) is 6.15. The van der Waals surface area contributed by atoms with E-state index in [2.05, 4.69) is 34.1 Å². The Morgan fingerprint density at radius 2 is 1.75 bits per heavy atom. The zero-order chi connectivity index (χ0) is 13.9. The predicted octanol–water partition coefficient (Wildman–Crippen LogP) is 2.66. The summed E-state index contributed by atoms with van der Waals surface area (Å²) in [5, 5.41) is 9.83. The van der Waals surface area contributed by atoms with Crippen LogP contribution in [0.3, 0.4) is 0 Å². The third-order valence-corrected chi connectivity index (χ3v) is 4.62. The Kier molecular flexibility index (Phi) is 4.27. The van der Waals surface area contributed by atoms with Crippen molar-refractivity contribution in [3.05, 3.63) is 29.8 Å². The lowest BCUT2D eigenvalue weighted by Crippen LogP contribution is -2.47. The van der Waals surface area contributed by atoms with Crippen molar-refractivity contribution in [3.8, 4) is 0 Å². The maximum absolute atomic E-state index is 9.83. The number of aliphatic hydroxyl groups is 1. The molecule has 2 aliphatic rings. The molecule has 1 saturated carbocycles. The maximum Gasteiger partial charge on any atom is 0.0787 e. The van der Waals surface area contributed by atoms with Crippen LogP contribution in [0, 0.1) is 5.92 Å². The van der Waals surface area contributed by atoms with Crippen molar-refractivity contribution in [3.63, 3.8) is 0 Å². The van der Waals surface area contributed by atoms with Gasteiger partial charge in [-0.15, -0.1) is 0 Å². The van der Waals surface area contributed by atoms with E-state index in [1.54, 1.807) is 0 Å². The Morgan fingerprint density at radius 3 is 2.30 bits per heavy atom. The molecule has 2 fully saturated rings. The Hall–Kier alpha value is -1.06. The molecule has 0 amide bonds. The van der Waals surface area contributed by atoms with Crippen LogP contribution in [0.2, 0.25) is 0 Å². The van der Waals surface area contributed by atoms with E-state index < -0.39 is 0 Å². The molecule has 1 atom stereocenters. The van der Waals surface area contributed by atoms with E-state index in [1.807, 2.05) is 6.92 Å². The number of hydrogen-bond donors (Lipinski definition) is 1. The fraction of sp³-hybridized carbons (Fsp3) is 0.647. The number of nitrogens with zero attached hydrogens (tertiary/aromatic N) is 2. The summed E-state index contributed by atoms with van der Waals surface area (Å²) in [7, 11) is 0. The molecule has 3 nitrogen and oxygen atoms in total. The molecular weight excluding hydrogens is 248 g/mol. The van der Waals surface area contributed by atoms with E-state index in [1.165, 1.54) is 38.2 Å². The molecule has 1 aromatic rings. The summed E-state index contributed by atoms with van der Waals surface area (Å²) in [6.07, 6.45) is 3.35. The first-order chi connectivity index (χ1) is 9.76. The average Bonchev–Trinajstić information content (AvgIpc) is 3.31. The van der Waals surface area contributed by atoms with Crippen molar-refractivity contribution < 1.29 is 5.11 Å². The minimum atomic E-state index is -0.320. The minimum absolute atomic E-state index is 0.320. The summed E-state index contributed by atoms with van der Waals surface area (Å²) in [6.45, 7) is 7.96. The Morgan fingerprint density at radius 1 is 1.10 bits per heavy atom. The summed E-state index contributed by atoms with van der Waals surface area (Å²) in [5.41, 5.74) is 2.33. The molecule has 0 radical (unpaired) electrons. The highest BCUT2D eigenvalue weighted by atomic mass is 16.3. The van der Waals surface area contributed by atoms with Crippen molar-refractivity contribution in [2.75, 3.05) is 37.6 Å². The molecule has 0 spiro atoms. The molecule has 1 heterocycles. The third-order valence-electron chi connectivity index (χ3n) is 4.62. The first-order valence-corrected chi connectivity index (χ1v) is 8.01. The summed E-state index contributed by atoms with van der Waals surface area (Å²) in [4.78, 5) is 5.08. The smallest absolute Gasteiger partial charge is 0.0787 e. The topological polar surface area (TPSA) is 26.7 Å². The van der Waals surface area contributed by atoms with Gasteiger partial charge >= 0.3 is 0 Å². The Labute approximate surface area is 122 Å². The van der Waals surface area contributed by atoms with Crippen molar-refractivity contribution in [2.24, 2.45) is 5.92 Å². The molecule has 20 heavy (non-hydrogen) atoms. The van der Waals surface area contributed by atoms with E-state index in [0.29, 0.717) is 0 Å². The van der Waals surface area contributed by atoms with E-state index >= 15 is 0 Å². The van der Waals surface area contributed by atoms with Gasteiger partial charge in [0.05, 0.1) is 6.10 Å². The highest BCUT2D eigenvalue weighted by Gasteiger charge is 2.26. The lowest BCUT2D eigenvalue weighted by atomic mass is 10.1. The number of piperazine rings is 1. The van der Waals surface area contributed by atoms with E-state index in [4.69, 9.17) is 0 Å². The van der Waals surface area contributed by atoms with Crippen LogP contribution in [0.25, 0.3) is 0 Å². The maximum atomic E-state index is 9.83. The van der Waals surface area contributed by atoms with Crippen LogP contribution in [-0.4, -0.2) is 42.7 Å². The van der Waals surface area contributed by atoms with E-state index in [-0.39, 0.29) is 6.10 Å². The second-order valence-electron chi connectivity index (χ2n) is 6.25. The van der Waals surface area contributed by atoms with Gasteiger partial charge in [-0.05, 0) is 42.9 Å². The van der Waals surface area contributed by atoms with Gasteiger partial charge in [0.15, 0.2) is 0 Å². The molecule has 1 aliphatic carbocycles. The lowest BCUT2D eigenvalue weighted by molar-refractivity contribution is 0.173. The predicted molar refractivity (Wildman–Crippen MR) is 83.1 cm³/mol. The molecule has 3 heteroatoms. The van der Waals surface area contributed by atoms with E-state index in [9.17, 15) is 5.11 Å². The van der Waals surface area contributed by atoms with Crippen LogP contribution >= 0.6 is 0 Å². The first kappa shape index (κ1) is 13.9. The van der Waals surface area contributed by atoms with Crippen LogP contribution in [0.4, 0.5) is 5.69 Å². The summed E-state index contributed by atoms with van der Waals surface area (Å²) < 4.78 is 0. The Bertz CT molecular complexity index is 419. The Balaban J connectivity index is 1.54. The minimum Gasteiger partial charge on any atom is -0.388 e. The largest absolute Gasteiger partial charge is 0.388 e. The van der Waals surface area contributed by atoms with Crippen LogP contribution < -0.4 is 4.90 Å². The van der Waals surface area contributed by atoms with Crippen molar-refractivity contribution in [2.45, 2.75) is 32.3 Å². The number of rotatable bonds is 5. The molecule has 1 aliphatic heterocycles. The molecule has 1 aromatic carbocycles. The van der Waals surface area contributed by atoms with Gasteiger partial charge in [0.25, 0.3) is 0 Å². The van der Waals surface area contributed by atoms with Gasteiger partial charge < -0.3 is 10.0 Å². The summed E-state index contributed by atoms with van der Waals surface area (Å²) in [5.74, 6) is 0.997. The lowest BCUT2D eigenvalue weighted by Gasteiger charge is -2.36. The van der Waals surface area contributed by atoms with Crippen molar-refractivity contribution in [1.29, 1.82) is 0 Å². The highest BCUT2D eigenvalue weighted by molar-refractivity contribution is 5.48. The first-order valence-electron chi connectivity index (χ1n) is 8.01. The molecular formula is C17H26N2O.